The van der Waals surface area contributed by atoms with E-state index in [4.69, 9.17) is 0 Å². The number of nitrogens with one attached hydrogen (secondary N) is 1. The van der Waals surface area contributed by atoms with Crippen molar-refractivity contribution in [2.45, 2.75) is 25.3 Å². The first-order valence-corrected chi connectivity index (χ1v) is 6.94. The summed E-state index contributed by atoms with van der Waals surface area (Å²) in [6.45, 7) is 0. The predicted octanol–water partition coefficient (Wildman–Crippen LogP) is 4.10. The van der Waals surface area contributed by atoms with Gasteiger partial charge in [0.05, 0.1) is 0 Å². The van der Waals surface area contributed by atoms with Crippen LogP contribution in [-0.2, 0) is 0 Å². The summed E-state index contributed by atoms with van der Waals surface area (Å²) in [6, 6.07) is 7.61. The standard InChI is InChI=1S/C14H16FNS/c1-16-12(6-9-2-3-9)14-8-10-7-11(15)4-5-13(10)17-14/h4-5,7-9,12,16H,2-3,6H2,1H3. The van der Waals surface area contributed by atoms with Gasteiger partial charge in [-0.1, -0.05) is 12.8 Å². The Morgan fingerprint density at radius 1 is 1.41 bits per heavy atom. The van der Waals surface area contributed by atoms with Crippen LogP contribution in [0.3, 0.4) is 0 Å². The summed E-state index contributed by atoms with van der Waals surface area (Å²) in [5.41, 5.74) is 0. The van der Waals surface area contributed by atoms with E-state index in [0.29, 0.717) is 6.04 Å². The van der Waals surface area contributed by atoms with Gasteiger partial charge in [-0.3, -0.25) is 0 Å². The van der Waals surface area contributed by atoms with Crippen molar-refractivity contribution in [1.82, 2.24) is 5.32 Å². The lowest BCUT2D eigenvalue weighted by atomic mass is 10.1. The van der Waals surface area contributed by atoms with Gasteiger partial charge in [-0.15, -0.1) is 11.3 Å². The van der Waals surface area contributed by atoms with Gasteiger partial charge in [0, 0.05) is 15.6 Å². The Morgan fingerprint density at radius 2 is 2.24 bits per heavy atom. The molecule has 3 rings (SSSR count). The molecule has 1 saturated carbocycles. The fourth-order valence-electron chi connectivity index (χ4n) is 2.27. The Hall–Kier alpha value is -0.930. The van der Waals surface area contributed by atoms with Crippen LogP contribution in [0.15, 0.2) is 24.3 Å². The highest BCUT2D eigenvalue weighted by Gasteiger charge is 2.26. The molecule has 1 aromatic heterocycles. The topological polar surface area (TPSA) is 12.0 Å². The van der Waals surface area contributed by atoms with Gasteiger partial charge < -0.3 is 5.32 Å². The van der Waals surface area contributed by atoms with E-state index in [0.717, 1.165) is 11.3 Å². The summed E-state index contributed by atoms with van der Waals surface area (Å²) >= 11 is 1.78. The lowest BCUT2D eigenvalue weighted by molar-refractivity contribution is 0.522. The number of hydrogen-bond acceptors (Lipinski definition) is 2. The van der Waals surface area contributed by atoms with Crippen LogP contribution in [0.1, 0.15) is 30.2 Å². The minimum atomic E-state index is -0.148. The van der Waals surface area contributed by atoms with Gasteiger partial charge in [-0.2, -0.15) is 0 Å². The van der Waals surface area contributed by atoms with Crippen LogP contribution in [0.4, 0.5) is 4.39 Å². The molecule has 1 aromatic carbocycles. The van der Waals surface area contributed by atoms with E-state index in [9.17, 15) is 4.39 Å². The zero-order valence-electron chi connectivity index (χ0n) is 9.87. The van der Waals surface area contributed by atoms with Gasteiger partial charge in [-0.25, -0.2) is 4.39 Å². The van der Waals surface area contributed by atoms with Crippen LogP contribution < -0.4 is 5.32 Å². The van der Waals surface area contributed by atoms with Gasteiger partial charge in [0.1, 0.15) is 5.82 Å². The van der Waals surface area contributed by atoms with Gasteiger partial charge >= 0.3 is 0 Å². The molecule has 1 nitrogen and oxygen atoms in total. The molecule has 17 heavy (non-hydrogen) atoms. The van der Waals surface area contributed by atoms with Crippen molar-refractivity contribution >= 4 is 21.4 Å². The number of halogens is 1. The second-order valence-electron chi connectivity index (χ2n) is 4.85. The van der Waals surface area contributed by atoms with Crippen molar-refractivity contribution in [3.8, 4) is 0 Å². The Balaban J connectivity index is 1.92. The van der Waals surface area contributed by atoms with Crippen molar-refractivity contribution in [2.75, 3.05) is 7.05 Å². The monoisotopic (exact) mass is 249 g/mol. The molecule has 90 valence electrons. The number of rotatable bonds is 4. The molecule has 1 atom stereocenters. The first kappa shape index (κ1) is 11.2. The molecule has 2 aromatic rings. The van der Waals surface area contributed by atoms with Gasteiger partial charge in [-0.05, 0) is 49.0 Å². The highest BCUT2D eigenvalue weighted by Crippen LogP contribution is 2.40. The fraction of sp³-hybridized carbons (Fsp3) is 0.429. The fourth-order valence-corrected chi connectivity index (χ4v) is 3.44. The molecule has 0 aliphatic heterocycles. The van der Waals surface area contributed by atoms with Crippen LogP contribution in [0.5, 0.6) is 0 Å². The van der Waals surface area contributed by atoms with Crippen LogP contribution in [0.2, 0.25) is 0 Å². The first-order valence-electron chi connectivity index (χ1n) is 6.12. The Morgan fingerprint density at radius 3 is 2.94 bits per heavy atom. The third kappa shape index (κ3) is 2.35. The average Bonchev–Trinajstić information content (AvgIpc) is 3.04. The molecule has 1 N–H and O–H groups in total. The van der Waals surface area contributed by atoms with E-state index in [-0.39, 0.29) is 5.82 Å². The molecular weight excluding hydrogens is 233 g/mol. The lowest BCUT2D eigenvalue weighted by Gasteiger charge is -2.13. The zero-order chi connectivity index (χ0) is 11.8. The number of thiophene rings is 1. The molecule has 0 spiro atoms. The zero-order valence-corrected chi connectivity index (χ0v) is 10.7. The van der Waals surface area contributed by atoms with E-state index in [1.165, 1.54) is 34.9 Å². The van der Waals surface area contributed by atoms with Gasteiger partial charge in [0.25, 0.3) is 0 Å². The SMILES string of the molecule is CNC(CC1CC1)c1cc2cc(F)ccc2s1. The maximum Gasteiger partial charge on any atom is 0.123 e. The highest BCUT2D eigenvalue weighted by atomic mass is 32.1. The summed E-state index contributed by atoms with van der Waals surface area (Å²) in [5, 5.41) is 4.41. The van der Waals surface area contributed by atoms with Gasteiger partial charge in [0.2, 0.25) is 0 Å². The van der Waals surface area contributed by atoms with E-state index < -0.39 is 0 Å². The smallest absolute Gasteiger partial charge is 0.123 e. The molecule has 0 saturated heterocycles. The van der Waals surface area contributed by atoms with Crippen molar-refractivity contribution in [3.05, 3.63) is 35.0 Å². The molecule has 1 unspecified atom stereocenters. The molecule has 0 amide bonds. The Kier molecular flexibility index (Phi) is 2.89. The molecule has 1 fully saturated rings. The average molecular weight is 249 g/mol. The first-order chi connectivity index (χ1) is 8.26. The third-order valence-electron chi connectivity index (χ3n) is 3.46. The highest BCUT2D eigenvalue weighted by molar-refractivity contribution is 7.19. The maximum absolute atomic E-state index is 13.1. The maximum atomic E-state index is 13.1. The number of fused-ring (bicyclic) bond motifs is 1. The van der Waals surface area contributed by atoms with Gasteiger partial charge in [0.15, 0.2) is 0 Å². The van der Waals surface area contributed by atoms with E-state index in [1.54, 1.807) is 17.4 Å². The summed E-state index contributed by atoms with van der Waals surface area (Å²) in [7, 11) is 2.01. The van der Waals surface area contributed by atoms with Crippen molar-refractivity contribution < 1.29 is 4.39 Å². The summed E-state index contributed by atoms with van der Waals surface area (Å²) < 4.78 is 14.3. The molecule has 1 heterocycles. The number of benzene rings is 1. The summed E-state index contributed by atoms with van der Waals surface area (Å²) in [6.07, 6.45) is 3.96. The lowest BCUT2D eigenvalue weighted by Crippen LogP contribution is -2.15. The van der Waals surface area contributed by atoms with E-state index in [2.05, 4.69) is 11.4 Å². The Bertz CT molecular complexity index is 530. The summed E-state index contributed by atoms with van der Waals surface area (Å²) in [5.74, 6) is 0.749. The minimum Gasteiger partial charge on any atom is -0.312 e. The van der Waals surface area contributed by atoms with Crippen molar-refractivity contribution in [2.24, 2.45) is 5.92 Å². The molecule has 1 aliphatic rings. The van der Waals surface area contributed by atoms with Crippen LogP contribution >= 0.6 is 11.3 Å². The molecule has 1 aliphatic carbocycles. The van der Waals surface area contributed by atoms with E-state index >= 15 is 0 Å². The van der Waals surface area contributed by atoms with Crippen molar-refractivity contribution in [3.63, 3.8) is 0 Å². The molecule has 0 radical (unpaired) electrons. The minimum absolute atomic E-state index is 0.148. The summed E-state index contributed by atoms with van der Waals surface area (Å²) in [4.78, 5) is 1.33. The second kappa shape index (κ2) is 4.39. The predicted molar refractivity (Wildman–Crippen MR) is 70.9 cm³/mol. The van der Waals surface area contributed by atoms with Crippen LogP contribution in [0.25, 0.3) is 10.1 Å². The molecule has 0 bridgehead atoms. The van der Waals surface area contributed by atoms with Crippen LogP contribution in [-0.4, -0.2) is 7.05 Å². The molecular formula is C14H16FNS. The third-order valence-corrected chi connectivity index (χ3v) is 4.69. The number of hydrogen-bond donors (Lipinski definition) is 1. The second-order valence-corrected chi connectivity index (χ2v) is 5.97. The largest absolute Gasteiger partial charge is 0.312 e. The molecule has 3 heteroatoms. The Labute approximate surface area is 105 Å². The quantitative estimate of drug-likeness (QED) is 0.860. The normalized spacial score (nSPS) is 17.5. The van der Waals surface area contributed by atoms with Crippen LogP contribution in [0, 0.1) is 11.7 Å². The van der Waals surface area contributed by atoms with Crippen molar-refractivity contribution in [1.29, 1.82) is 0 Å². The van der Waals surface area contributed by atoms with E-state index in [1.807, 2.05) is 13.1 Å².